The fourth-order valence-electron chi connectivity index (χ4n) is 6.87. The minimum absolute atomic E-state index is 0.0379. The Kier molecular flexibility index (Phi) is 3.75. The molecule has 3 saturated carbocycles. The number of carbonyl (C=O) groups is 1. The van der Waals surface area contributed by atoms with E-state index in [1.807, 2.05) is 6.92 Å². The van der Waals surface area contributed by atoms with Gasteiger partial charge in [0.25, 0.3) is 0 Å². The van der Waals surface area contributed by atoms with Crippen LogP contribution in [0.5, 0.6) is 0 Å². The molecule has 4 aliphatic rings. The van der Waals surface area contributed by atoms with E-state index >= 15 is 0 Å². The first kappa shape index (κ1) is 17.3. The lowest BCUT2D eigenvalue weighted by atomic mass is 9.48. The van der Waals surface area contributed by atoms with Crippen LogP contribution in [-0.4, -0.2) is 38.9 Å². The Bertz CT molecular complexity index is 676. The first-order valence-electron chi connectivity index (χ1n) is 9.50. The Morgan fingerprint density at radius 1 is 1.24 bits per heavy atom. The predicted octanol–water partition coefficient (Wildman–Crippen LogP) is 1.68. The molecule has 0 aliphatic heterocycles. The molecule has 3 N–H and O–H groups in total. The van der Waals surface area contributed by atoms with Crippen LogP contribution in [0.1, 0.15) is 46.0 Å². The minimum Gasteiger partial charge on any atom is -0.393 e. The summed E-state index contributed by atoms with van der Waals surface area (Å²) < 4.78 is 0. The maximum absolute atomic E-state index is 11.9. The first-order chi connectivity index (χ1) is 11.7. The van der Waals surface area contributed by atoms with Gasteiger partial charge in [0.15, 0.2) is 0 Å². The van der Waals surface area contributed by atoms with Crippen LogP contribution in [0, 0.1) is 47.3 Å². The molecular weight excluding hydrogens is 316 g/mol. The molecule has 0 heterocycles. The average Bonchev–Trinajstić information content (AvgIpc) is 2.73. The molecular formula is C21H28O4. The van der Waals surface area contributed by atoms with Gasteiger partial charge in [-0.3, -0.25) is 4.79 Å². The minimum atomic E-state index is -1.38. The summed E-state index contributed by atoms with van der Waals surface area (Å²) in [6.45, 7) is 4.04. The van der Waals surface area contributed by atoms with E-state index in [1.54, 1.807) is 0 Å². The Morgan fingerprint density at radius 2 is 1.96 bits per heavy atom. The highest BCUT2D eigenvalue weighted by Gasteiger charge is 2.68. The molecule has 0 saturated heterocycles. The molecule has 0 amide bonds. The van der Waals surface area contributed by atoms with Crippen LogP contribution in [0.25, 0.3) is 0 Å². The highest BCUT2D eigenvalue weighted by molar-refractivity contribution is 5.82. The lowest BCUT2D eigenvalue weighted by Crippen LogP contribution is -2.59. The fourth-order valence-corrected chi connectivity index (χ4v) is 6.87. The van der Waals surface area contributed by atoms with Crippen LogP contribution < -0.4 is 0 Å². The van der Waals surface area contributed by atoms with Gasteiger partial charge < -0.3 is 15.3 Å². The van der Waals surface area contributed by atoms with Crippen LogP contribution in [0.3, 0.4) is 0 Å². The van der Waals surface area contributed by atoms with Crippen LogP contribution >= 0.6 is 0 Å². The van der Waals surface area contributed by atoms with E-state index in [2.05, 4.69) is 18.9 Å². The molecule has 136 valence electrons. The van der Waals surface area contributed by atoms with E-state index in [1.165, 1.54) is 5.57 Å². The molecule has 0 bridgehead atoms. The summed E-state index contributed by atoms with van der Waals surface area (Å²) >= 11 is 0. The van der Waals surface area contributed by atoms with Crippen molar-refractivity contribution in [3.63, 3.8) is 0 Å². The lowest BCUT2D eigenvalue weighted by Gasteiger charge is -2.57. The van der Waals surface area contributed by atoms with Crippen molar-refractivity contribution in [2.45, 2.75) is 63.8 Å². The summed E-state index contributed by atoms with van der Waals surface area (Å²) in [5.41, 5.74) is -0.895. The Hall–Kier alpha value is -1.15. The van der Waals surface area contributed by atoms with Crippen molar-refractivity contribution in [3.8, 4) is 12.3 Å². The summed E-state index contributed by atoms with van der Waals surface area (Å²) in [6, 6.07) is 0. The Morgan fingerprint density at radius 3 is 2.64 bits per heavy atom. The third-order valence-electron chi connectivity index (χ3n) is 7.94. The SMILES string of the molecule is C#C[C@]1(O)C[C@@H](O)[C@H]2[C@H]3[C@H]([C@H](O)C[C@@]21C)[C@H]1CCC(=O)CC1=C[C@H]3C. The van der Waals surface area contributed by atoms with Crippen molar-refractivity contribution in [1.29, 1.82) is 0 Å². The van der Waals surface area contributed by atoms with E-state index in [4.69, 9.17) is 6.42 Å². The van der Waals surface area contributed by atoms with Gasteiger partial charge in [-0.2, -0.15) is 0 Å². The second kappa shape index (κ2) is 5.42. The van der Waals surface area contributed by atoms with E-state index in [0.29, 0.717) is 19.3 Å². The maximum Gasteiger partial charge on any atom is 0.136 e. The van der Waals surface area contributed by atoms with Gasteiger partial charge in [0.05, 0.1) is 12.2 Å². The highest BCUT2D eigenvalue weighted by atomic mass is 16.3. The predicted molar refractivity (Wildman–Crippen MR) is 93.2 cm³/mol. The summed E-state index contributed by atoms with van der Waals surface area (Å²) in [5.74, 6) is 3.16. The number of aliphatic hydroxyl groups is 3. The molecule has 0 radical (unpaired) electrons. The van der Waals surface area contributed by atoms with Crippen LogP contribution in [-0.2, 0) is 4.79 Å². The van der Waals surface area contributed by atoms with Gasteiger partial charge in [-0.15, -0.1) is 6.42 Å². The zero-order chi connectivity index (χ0) is 18.1. The normalized spacial score (nSPS) is 54.8. The second-order valence-electron chi connectivity index (χ2n) is 9.11. The van der Waals surface area contributed by atoms with Gasteiger partial charge in [0.1, 0.15) is 11.4 Å². The van der Waals surface area contributed by atoms with Crippen molar-refractivity contribution in [3.05, 3.63) is 11.6 Å². The van der Waals surface area contributed by atoms with Gasteiger partial charge in [0, 0.05) is 24.7 Å². The monoisotopic (exact) mass is 344 g/mol. The topological polar surface area (TPSA) is 77.8 Å². The van der Waals surface area contributed by atoms with Gasteiger partial charge in [0.2, 0.25) is 0 Å². The smallest absolute Gasteiger partial charge is 0.136 e. The van der Waals surface area contributed by atoms with E-state index < -0.39 is 23.2 Å². The zero-order valence-electron chi connectivity index (χ0n) is 15.0. The number of hydrogen-bond donors (Lipinski definition) is 3. The summed E-state index contributed by atoms with van der Waals surface area (Å²) in [6.07, 6.45) is 9.06. The van der Waals surface area contributed by atoms with Gasteiger partial charge in [-0.1, -0.05) is 31.4 Å². The second-order valence-corrected chi connectivity index (χ2v) is 9.11. The quantitative estimate of drug-likeness (QED) is 0.461. The summed E-state index contributed by atoms with van der Waals surface area (Å²) in [4.78, 5) is 11.9. The molecule has 4 aliphatic carbocycles. The number of ketones is 1. The molecule has 0 aromatic carbocycles. The molecule has 0 unspecified atom stereocenters. The molecule has 4 rings (SSSR count). The number of rotatable bonds is 0. The van der Waals surface area contributed by atoms with Gasteiger partial charge in [-0.25, -0.2) is 0 Å². The average molecular weight is 344 g/mol. The molecule has 25 heavy (non-hydrogen) atoms. The number of terminal acetylenes is 1. The van der Waals surface area contributed by atoms with Crippen molar-refractivity contribution in [2.24, 2.45) is 35.0 Å². The van der Waals surface area contributed by atoms with Crippen molar-refractivity contribution in [2.75, 3.05) is 0 Å². The van der Waals surface area contributed by atoms with Crippen LogP contribution in [0.15, 0.2) is 11.6 Å². The maximum atomic E-state index is 11.9. The zero-order valence-corrected chi connectivity index (χ0v) is 15.0. The standard InChI is InChI=1S/C21H28O4/c1-4-21(25)10-16(24)19-17-11(2)7-12-8-13(22)5-6-14(12)18(17)15(23)9-20(19,21)3/h1,7,11,14-19,23-25H,5-6,8-10H2,2-3H3/t11-,14+,15-,16-,17-,18+,19+,20+,21+/m1/s1. The number of allylic oxidation sites excluding steroid dienone is 2. The summed E-state index contributed by atoms with van der Waals surface area (Å²) in [7, 11) is 0. The van der Waals surface area contributed by atoms with Crippen LogP contribution in [0.4, 0.5) is 0 Å². The Balaban J connectivity index is 1.79. The number of aliphatic hydroxyl groups excluding tert-OH is 2. The van der Waals surface area contributed by atoms with Crippen molar-refractivity contribution >= 4 is 5.78 Å². The highest BCUT2D eigenvalue weighted by Crippen LogP contribution is 2.65. The first-order valence-corrected chi connectivity index (χ1v) is 9.50. The van der Waals surface area contributed by atoms with Gasteiger partial charge in [-0.05, 0) is 42.4 Å². The number of Topliss-reactive ketones (excluding diaryl/α,β-unsaturated/α-hetero) is 1. The van der Waals surface area contributed by atoms with E-state index in [9.17, 15) is 20.1 Å². The molecule has 0 aromatic rings. The third kappa shape index (κ3) is 2.16. The van der Waals surface area contributed by atoms with Crippen molar-refractivity contribution in [1.82, 2.24) is 0 Å². The number of hydrogen-bond acceptors (Lipinski definition) is 4. The number of carbonyl (C=O) groups excluding carboxylic acids is 1. The molecule has 0 aromatic heterocycles. The molecule has 4 heteroatoms. The lowest BCUT2D eigenvalue weighted by molar-refractivity contribution is -0.154. The van der Waals surface area contributed by atoms with Crippen molar-refractivity contribution < 1.29 is 20.1 Å². The Labute approximate surface area is 149 Å². The summed E-state index contributed by atoms with van der Waals surface area (Å²) in [5, 5.41) is 32.9. The van der Waals surface area contributed by atoms with Gasteiger partial charge >= 0.3 is 0 Å². The van der Waals surface area contributed by atoms with Crippen LogP contribution in [0.2, 0.25) is 0 Å². The van der Waals surface area contributed by atoms with E-state index in [-0.39, 0.29) is 41.8 Å². The number of fused-ring (bicyclic) bond motifs is 5. The molecule has 3 fully saturated rings. The third-order valence-corrected chi connectivity index (χ3v) is 7.94. The fraction of sp³-hybridized carbons (Fsp3) is 0.762. The largest absolute Gasteiger partial charge is 0.393 e. The molecule has 9 atom stereocenters. The van der Waals surface area contributed by atoms with E-state index in [0.717, 1.165) is 6.42 Å². The molecule has 4 nitrogen and oxygen atoms in total. The molecule has 0 spiro atoms.